The second kappa shape index (κ2) is 15.2. The van der Waals surface area contributed by atoms with Crippen molar-refractivity contribution in [2.24, 2.45) is 23.7 Å². The first-order chi connectivity index (χ1) is 23.8. The highest BCUT2D eigenvalue weighted by atomic mass is 19.4. The first-order valence-corrected chi connectivity index (χ1v) is 18.0. The number of nitrogens with zero attached hydrogens (tertiary/aromatic N) is 3. The van der Waals surface area contributed by atoms with Crippen LogP contribution in [0.15, 0.2) is 42.5 Å². The van der Waals surface area contributed by atoms with Crippen molar-refractivity contribution in [2.75, 3.05) is 64.4 Å². The molecule has 4 fully saturated rings. The summed E-state index contributed by atoms with van der Waals surface area (Å²) < 4.78 is 74.5. The summed E-state index contributed by atoms with van der Waals surface area (Å²) in [5.74, 6) is -0.0641. The molecule has 7 nitrogen and oxygen atoms in total. The molecule has 3 aliphatic heterocycles. The first kappa shape index (κ1) is 36.5. The number of anilines is 1. The first-order valence-electron chi connectivity index (χ1n) is 18.0. The Labute approximate surface area is 291 Å². The van der Waals surface area contributed by atoms with Gasteiger partial charge in [0, 0.05) is 76.2 Å². The molecule has 2 aromatic carbocycles. The van der Waals surface area contributed by atoms with Crippen molar-refractivity contribution in [3.63, 3.8) is 0 Å². The molecule has 6 rings (SSSR count). The minimum absolute atomic E-state index is 0.0655. The summed E-state index contributed by atoms with van der Waals surface area (Å²) in [6, 6.07) is 11.1. The number of esters is 1. The molecule has 0 unspecified atom stereocenters. The Hall–Kier alpha value is -3.25. The Balaban J connectivity index is 1.13. The third kappa shape index (κ3) is 7.96. The lowest BCUT2D eigenvalue weighted by molar-refractivity contribution is -0.142. The molecule has 50 heavy (non-hydrogen) atoms. The van der Waals surface area contributed by atoms with E-state index in [9.17, 15) is 31.5 Å². The topological polar surface area (TPSA) is 65.1 Å². The summed E-state index contributed by atoms with van der Waals surface area (Å²) in [5.41, 5.74) is 0.603. The second-order valence-electron chi connectivity index (χ2n) is 15.0. The molecule has 0 spiro atoms. The number of ether oxygens (including phenoxy) is 1. The molecule has 1 N–H and O–H groups in total. The summed E-state index contributed by atoms with van der Waals surface area (Å²) >= 11 is 0. The van der Waals surface area contributed by atoms with E-state index >= 15 is 0 Å². The Morgan fingerprint density at radius 1 is 0.960 bits per heavy atom. The number of rotatable bonds is 12. The number of hydrogen-bond donors (Lipinski definition) is 1. The highest BCUT2D eigenvalue weighted by molar-refractivity contribution is 5.73. The Kier molecular flexibility index (Phi) is 11.1. The zero-order chi connectivity index (χ0) is 35.6. The summed E-state index contributed by atoms with van der Waals surface area (Å²) in [5, 5.41) is 3.10. The van der Waals surface area contributed by atoms with Gasteiger partial charge in [0.15, 0.2) is 0 Å². The molecule has 3 saturated heterocycles. The molecular formula is C38H49F5N4O3. The fraction of sp³-hybridized carbons (Fsp3) is 0.632. The van der Waals surface area contributed by atoms with Crippen LogP contribution in [0.25, 0.3) is 0 Å². The van der Waals surface area contributed by atoms with Crippen LogP contribution in [0, 0.1) is 29.5 Å². The van der Waals surface area contributed by atoms with E-state index in [4.69, 9.17) is 4.74 Å². The van der Waals surface area contributed by atoms with Crippen LogP contribution >= 0.6 is 0 Å². The molecule has 2 aromatic rings. The van der Waals surface area contributed by atoms with Gasteiger partial charge in [0.05, 0.1) is 12.7 Å². The van der Waals surface area contributed by atoms with E-state index in [0.717, 1.165) is 82.1 Å². The van der Waals surface area contributed by atoms with Crippen LogP contribution < -0.4 is 10.2 Å². The van der Waals surface area contributed by atoms with Gasteiger partial charge in [0.2, 0.25) is 5.91 Å². The summed E-state index contributed by atoms with van der Waals surface area (Å²) in [4.78, 5) is 31.1. The standard InChI is InChI=1S/C38H49F5N4O3/c1-25(48)44-24-37(30-6-4-7-31(39)17-30,34-8-3-5-27(34)16-36(49)50-2)29-11-13-45(14-12-29)18-26-19-47(20-26)33-9-10-35(38(41,42)43)28(15-33)21-46-22-32(40)23-46/h4,6-7,9-10,15,17,26-27,29,32,34H,3,5,8,11-14,16,18-24H2,1-2H3,(H,44,48)/t27-,34+,37+/m1/s1. The lowest BCUT2D eigenvalue weighted by Crippen LogP contribution is -2.56. The van der Waals surface area contributed by atoms with Crippen LogP contribution in [0.2, 0.25) is 0 Å². The van der Waals surface area contributed by atoms with E-state index in [-0.39, 0.29) is 60.6 Å². The quantitative estimate of drug-likeness (QED) is 0.210. The minimum Gasteiger partial charge on any atom is -0.469 e. The maximum absolute atomic E-state index is 14.9. The van der Waals surface area contributed by atoms with Gasteiger partial charge in [0.25, 0.3) is 0 Å². The van der Waals surface area contributed by atoms with E-state index in [1.807, 2.05) is 6.07 Å². The van der Waals surface area contributed by atoms with Crippen LogP contribution in [0.1, 0.15) is 62.1 Å². The summed E-state index contributed by atoms with van der Waals surface area (Å²) in [7, 11) is 1.40. The number of carbonyl (C=O) groups excluding carboxylic acids is 2. The SMILES string of the molecule is COC(=O)C[C@H]1CCC[C@@H]1[C@](CNC(C)=O)(c1cccc(F)c1)C1CCN(CC2CN(c3ccc(C(F)(F)F)c(CN4CC(F)C4)c3)C2)CC1. The van der Waals surface area contributed by atoms with Crippen molar-refractivity contribution in [3.05, 3.63) is 65.0 Å². The van der Waals surface area contributed by atoms with Crippen molar-refractivity contribution in [2.45, 2.75) is 69.8 Å². The lowest BCUT2D eigenvalue weighted by Gasteiger charge is -2.51. The fourth-order valence-corrected chi connectivity index (χ4v) is 9.39. The largest absolute Gasteiger partial charge is 0.469 e. The van der Waals surface area contributed by atoms with Gasteiger partial charge in [-0.05, 0) is 98.0 Å². The van der Waals surface area contributed by atoms with Gasteiger partial charge in [-0.15, -0.1) is 0 Å². The Morgan fingerprint density at radius 3 is 2.34 bits per heavy atom. The van der Waals surface area contributed by atoms with Gasteiger partial charge < -0.3 is 19.9 Å². The minimum atomic E-state index is -4.47. The molecule has 3 heterocycles. The van der Waals surface area contributed by atoms with Gasteiger partial charge >= 0.3 is 12.1 Å². The monoisotopic (exact) mass is 704 g/mol. The molecule has 0 bridgehead atoms. The van der Waals surface area contributed by atoms with Crippen LogP contribution in [-0.4, -0.2) is 87.3 Å². The van der Waals surface area contributed by atoms with Crippen molar-refractivity contribution in [3.8, 4) is 0 Å². The molecule has 3 atom stereocenters. The molecule has 0 aromatic heterocycles. The van der Waals surface area contributed by atoms with E-state index in [0.29, 0.717) is 18.9 Å². The third-order valence-corrected chi connectivity index (χ3v) is 11.8. The van der Waals surface area contributed by atoms with Gasteiger partial charge in [0.1, 0.15) is 12.0 Å². The van der Waals surface area contributed by atoms with E-state index in [1.165, 1.54) is 20.1 Å². The van der Waals surface area contributed by atoms with Crippen LogP contribution in [-0.2, 0) is 32.5 Å². The smallest absolute Gasteiger partial charge is 0.416 e. The second-order valence-corrected chi connectivity index (χ2v) is 15.0. The van der Waals surface area contributed by atoms with Gasteiger partial charge in [-0.2, -0.15) is 13.2 Å². The molecule has 1 amide bonds. The van der Waals surface area contributed by atoms with Crippen molar-refractivity contribution in [1.82, 2.24) is 15.1 Å². The number of hydrogen-bond acceptors (Lipinski definition) is 6. The average molecular weight is 705 g/mol. The number of halogens is 5. The van der Waals surface area contributed by atoms with Crippen molar-refractivity contribution < 1.29 is 36.3 Å². The highest BCUT2D eigenvalue weighted by Gasteiger charge is 2.52. The zero-order valence-electron chi connectivity index (χ0n) is 29.0. The number of methoxy groups -OCH3 is 1. The number of benzene rings is 2. The maximum Gasteiger partial charge on any atom is 0.416 e. The highest BCUT2D eigenvalue weighted by Crippen LogP contribution is 2.53. The van der Waals surface area contributed by atoms with Gasteiger partial charge in [-0.25, -0.2) is 8.78 Å². The van der Waals surface area contributed by atoms with E-state index in [1.54, 1.807) is 29.2 Å². The van der Waals surface area contributed by atoms with Crippen LogP contribution in [0.3, 0.4) is 0 Å². The molecule has 4 aliphatic rings. The Morgan fingerprint density at radius 2 is 1.70 bits per heavy atom. The van der Waals surface area contributed by atoms with Gasteiger partial charge in [-0.1, -0.05) is 18.6 Å². The normalized spacial score (nSPS) is 24.0. The number of alkyl halides is 4. The van der Waals surface area contributed by atoms with Crippen molar-refractivity contribution >= 4 is 17.6 Å². The summed E-state index contributed by atoms with van der Waals surface area (Å²) in [6.07, 6.45) is -0.718. The lowest BCUT2D eigenvalue weighted by atomic mass is 9.57. The van der Waals surface area contributed by atoms with Crippen LogP contribution in [0.4, 0.5) is 27.6 Å². The van der Waals surface area contributed by atoms with E-state index in [2.05, 4.69) is 15.1 Å². The molecule has 12 heteroatoms. The number of carbonyl (C=O) groups is 2. The number of amides is 1. The predicted octanol–water partition coefficient (Wildman–Crippen LogP) is 6.20. The van der Waals surface area contributed by atoms with Crippen LogP contribution in [0.5, 0.6) is 0 Å². The van der Waals surface area contributed by atoms with E-state index < -0.39 is 23.3 Å². The predicted molar refractivity (Wildman–Crippen MR) is 181 cm³/mol. The van der Waals surface area contributed by atoms with Gasteiger partial charge in [-0.3, -0.25) is 14.5 Å². The number of likely N-dealkylation sites (tertiary alicyclic amines) is 2. The zero-order valence-corrected chi connectivity index (χ0v) is 29.0. The van der Waals surface area contributed by atoms with Crippen molar-refractivity contribution in [1.29, 1.82) is 0 Å². The molecule has 1 aliphatic carbocycles. The Bertz CT molecular complexity index is 1500. The molecule has 1 saturated carbocycles. The molecule has 0 radical (unpaired) electrons. The molecular weight excluding hydrogens is 655 g/mol. The maximum atomic E-state index is 14.9. The average Bonchev–Trinajstić information content (AvgIpc) is 3.50. The molecule has 274 valence electrons. The summed E-state index contributed by atoms with van der Waals surface area (Å²) in [6.45, 7) is 6.31. The number of nitrogens with one attached hydrogen (secondary N) is 1. The number of piperidine rings is 1. The fourth-order valence-electron chi connectivity index (χ4n) is 9.39. The third-order valence-electron chi connectivity index (χ3n) is 11.8.